The third-order valence-electron chi connectivity index (χ3n) is 4.38. The van der Waals surface area contributed by atoms with Crippen molar-refractivity contribution in [3.05, 3.63) is 47.4 Å². The molecule has 1 aromatic carbocycles. The number of likely N-dealkylation sites (N-methyl/N-ethyl adjacent to an activating group) is 1. The maximum atomic E-state index is 6.18. The van der Waals surface area contributed by atoms with Gasteiger partial charge in [-0.05, 0) is 52.2 Å². The number of hydrogen-bond donors (Lipinski definition) is 1. The van der Waals surface area contributed by atoms with Gasteiger partial charge in [-0.1, -0.05) is 36.4 Å². The maximum absolute atomic E-state index is 6.18. The van der Waals surface area contributed by atoms with Crippen LogP contribution < -0.4 is 5.32 Å². The lowest BCUT2D eigenvalue weighted by molar-refractivity contribution is 0.00578. The highest BCUT2D eigenvalue weighted by atomic mass is 16.7. The first-order valence-electron chi connectivity index (χ1n) is 7.59. The van der Waals surface area contributed by atoms with Crippen LogP contribution in [-0.4, -0.2) is 31.9 Å². The van der Waals surface area contributed by atoms with Gasteiger partial charge in [0, 0.05) is 6.54 Å². The minimum atomic E-state index is -0.299. The topological polar surface area (TPSA) is 30.5 Å². The van der Waals surface area contributed by atoms with Crippen LogP contribution in [-0.2, 0) is 15.7 Å². The highest BCUT2D eigenvalue weighted by Gasteiger charge is 2.52. The van der Waals surface area contributed by atoms with Gasteiger partial charge in [-0.25, -0.2) is 0 Å². The smallest absolute Gasteiger partial charge is 0.400 e. The molecule has 1 aliphatic rings. The molecule has 0 bridgehead atoms. The van der Waals surface area contributed by atoms with E-state index in [4.69, 9.17) is 9.31 Å². The van der Waals surface area contributed by atoms with Gasteiger partial charge in [0.1, 0.15) is 0 Å². The third kappa shape index (κ3) is 3.76. The molecule has 4 heteroatoms. The van der Waals surface area contributed by atoms with E-state index in [2.05, 4.69) is 63.4 Å². The SMILES string of the molecule is CNCC=C(Cc1ccccc1)B1OC(C)(C)C(C)(C)O1. The minimum absolute atomic E-state index is 0.274. The van der Waals surface area contributed by atoms with E-state index in [0.717, 1.165) is 13.0 Å². The van der Waals surface area contributed by atoms with Gasteiger partial charge in [0.05, 0.1) is 11.2 Å². The van der Waals surface area contributed by atoms with Gasteiger partial charge in [-0.15, -0.1) is 0 Å². The van der Waals surface area contributed by atoms with Crippen molar-refractivity contribution in [2.75, 3.05) is 13.6 Å². The average molecular weight is 287 g/mol. The first-order chi connectivity index (χ1) is 9.86. The summed E-state index contributed by atoms with van der Waals surface area (Å²) >= 11 is 0. The number of rotatable bonds is 5. The summed E-state index contributed by atoms with van der Waals surface area (Å²) in [6.45, 7) is 9.17. The number of hydrogen-bond acceptors (Lipinski definition) is 3. The fourth-order valence-corrected chi connectivity index (χ4v) is 2.31. The highest BCUT2D eigenvalue weighted by Crippen LogP contribution is 2.39. The lowest BCUT2D eigenvalue weighted by Gasteiger charge is -2.32. The molecule has 1 saturated heterocycles. The summed E-state index contributed by atoms with van der Waals surface area (Å²) in [5, 5.41) is 3.16. The quantitative estimate of drug-likeness (QED) is 0.844. The predicted molar refractivity (Wildman–Crippen MR) is 88.2 cm³/mol. The van der Waals surface area contributed by atoms with Crippen molar-refractivity contribution in [3.8, 4) is 0 Å². The van der Waals surface area contributed by atoms with Gasteiger partial charge in [-0.3, -0.25) is 0 Å². The molecule has 0 saturated carbocycles. The normalized spacial score (nSPS) is 20.8. The van der Waals surface area contributed by atoms with Crippen molar-refractivity contribution in [2.24, 2.45) is 0 Å². The molecule has 3 nitrogen and oxygen atoms in total. The summed E-state index contributed by atoms with van der Waals surface area (Å²) in [6.07, 6.45) is 3.02. The zero-order valence-electron chi connectivity index (χ0n) is 13.8. The van der Waals surface area contributed by atoms with Crippen LogP contribution >= 0.6 is 0 Å². The number of nitrogens with one attached hydrogen (secondary N) is 1. The zero-order valence-corrected chi connectivity index (χ0v) is 13.8. The Morgan fingerprint density at radius 2 is 1.67 bits per heavy atom. The van der Waals surface area contributed by atoms with Crippen LogP contribution in [0.1, 0.15) is 33.3 Å². The molecule has 0 unspecified atom stereocenters. The van der Waals surface area contributed by atoms with E-state index in [9.17, 15) is 0 Å². The summed E-state index contributed by atoms with van der Waals surface area (Å²) in [5.74, 6) is 0. The molecule has 1 aliphatic heterocycles. The van der Waals surface area contributed by atoms with Gasteiger partial charge >= 0.3 is 7.12 Å². The van der Waals surface area contributed by atoms with Crippen molar-refractivity contribution in [3.63, 3.8) is 0 Å². The second kappa shape index (κ2) is 6.35. The van der Waals surface area contributed by atoms with Crippen molar-refractivity contribution in [1.82, 2.24) is 5.32 Å². The Kier molecular flexibility index (Phi) is 4.92. The Labute approximate surface area is 128 Å². The van der Waals surface area contributed by atoms with Crippen LogP contribution in [0.4, 0.5) is 0 Å². The highest BCUT2D eigenvalue weighted by molar-refractivity contribution is 6.54. The van der Waals surface area contributed by atoms with Crippen LogP contribution in [0.2, 0.25) is 0 Å². The zero-order chi connectivity index (χ0) is 15.5. The van der Waals surface area contributed by atoms with Gasteiger partial charge in [-0.2, -0.15) is 0 Å². The Balaban J connectivity index is 2.18. The first-order valence-corrected chi connectivity index (χ1v) is 7.59. The van der Waals surface area contributed by atoms with Crippen LogP contribution in [0.5, 0.6) is 0 Å². The fourth-order valence-electron chi connectivity index (χ4n) is 2.31. The molecule has 0 aliphatic carbocycles. The van der Waals surface area contributed by atoms with E-state index in [1.807, 2.05) is 13.1 Å². The summed E-state index contributed by atoms with van der Waals surface area (Å²) in [6, 6.07) is 10.4. The van der Waals surface area contributed by atoms with Gasteiger partial charge in [0.2, 0.25) is 0 Å². The van der Waals surface area contributed by atoms with Crippen molar-refractivity contribution >= 4 is 7.12 Å². The van der Waals surface area contributed by atoms with E-state index < -0.39 is 0 Å². The summed E-state index contributed by atoms with van der Waals surface area (Å²) in [7, 11) is 1.67. The Bertz CT molecular complexity index is 481. The van der Waals surface area contributed by atoms with E-state index in [1.54, 1.807) is 0 Å². The molecule has 2 rings (SSSR count). The Morgan fingerprint density at radius 3 is 2.19 bits per heavy atom. The van der Waals surface area contributed by atoms with E-state index in [-0.39, 0.29) is 18.3 Å². The monoisotopic (exact) mass is 287 g/mol. The molecule has 0 atom stereocenters. The fraction of sp³-hybridized carbons (Fsp3) is 0.529. The lowest BCUT2D eigenvalue weighted by Crippen LogP contribution is -2.41. The molecule has 1 N–H and O–H groups in total. The molecule has 114 valence electrons. The minimum Gasteiger partial charge on any atom is -0.400 e. The molecular formula is C17H26BNO2. The number of allylic oxidation sites excluding steroid dienone is 1. The van der Waals surface area contributed by atoms with Crippen LogP contribution in [0, 0.1) is 0 Å². The summed E-state index contributed by atoms with van der Waals surface area (Å²) in [4.78, 5) is 0. The van der Waals surface area contributed by atoms with E-state index in [0.29, 0.717) is 0 Å². The summed E-state index contributed by atoms with van der Waals surface area (Å²) in [5.41, 5.74) is 1.85. The second-order valence-electron chi connectivity index (χ2n) is 6.59. The van der Waals surface area contributed by atoms with Crippen molar-refractivity contribution in [1.29, 1.82) is 0 Å². The molecule has 1 aromatic rings. The third-order valence-corrected chi connectivity index (χ3v) is 4.38. The Morgan fingerprint density at radius 1 is 1.10 bits per heavy atom. The second-order valence-corrected chi connectivity index (χ2v) is 6.59. The summed E-state index contributed by atoms with van der Waals surface area (Å²) < 4.78 is 12.4. The van der Waals surface area contributed by atoms with E-state index >= 15 is 0 Å². The first kappa shape index (κ1) is 16.3. The van der Waals surface area contributed by atoms with E-state index in [1.165, 1.54) is 11.0 Å². The van der Waals surface area contributed by atoms with Crippen molar-refractivity contribution < 1.29 is 9.31 Å². The molecule has 0 radical (unpaired) electrons. The van der Waals surface area contributed by atoms with Crippen LogP contribution in [0.15, 0.2) is 41.9 Å². The molecule has 0 amide bonds. The molecule has 0 spiro atoms. The standard InChI is InChI=1S/C17H26BNO2/c1-16(2)17(3,4)21-18(20-16)15(11-12-19-5)13-14-9-7-6-8-10-14/h6-11,19H,12-13H2,1-5H3. The van der Waals surface area contributed by atoms with Gasteiger partial charge in [0.25, 0.3) is 0 Å². The number of benzene rings is 1. The molecule has 1 fully saturated rings. The molecule has 0 aromatic heterocycles. The average Bonchev–Trinajstić information content (AvgIpc) is 2.64. The van der Waals surface area contributed by atoms with Crippen LogP contribution in [0.3, 0.4) is 0 Å². The lowest BCUT2D eigenvalue weighted by atomic mass is 9.74. The van der Waals surface area contributed by atoms with Crippen molar-refractivity contribution in [2.45, 2.75) is 45.3 Å². The Hall–Kier alpha value is -1.10. The molecule has 21 heavy (non-hydrogen) atoms. The molecular weight excluding hydrogens is 261 g/mol. The van der Waals surface area contributed by atoms with Gasteiger partial charge < -0.3 is 14.6 Å². The van der Waals surface area contributed by atoms with Gasteiger partial charge in [0.15, 0.2) is 0 Å². The predicted octanol–water partition coefficient (Wildman–Crippen LogP) is 3.01. The van der Waals surface area contributed by atoms with Crippen LogP contribution in [0.25, 0.3) is 0 Å². The maximum Gasteiger partial charge on any atom is 0.490 e. The molecule has 1 heterocycles. The largest absolute Gasteiger partial charge is 0.490 e.